The Labute approximate surface area is 153 Å². The Morgan fingerprint density at radius 1 is 1.27 bits per heavy atom. The lowest BCUT2D eigenvalue weighted by Gasteiger charge is -2.35. The first-order valence-corrected chi connectivity index (χ1v) is 9.26. The number of pyridine rings is 1. The molecule has 0 radical (unpaired) electrons. The highest BCUT2D eigenvalue weighted by Crippen LogP contribution is 2.29. The molecule has 140 valence electrons. The molecule has 2 aliphatic heterocycles. The summed E-state index contributed by atoms with van der Waals surface area (Å²) in [6.45, 7) is 6.21. The van der Waals surface area contributed by atoms with Gasteiger partial charge in [0.1, 0.15) is 5.75 Å². The third-order valence-electron chi connectivity index (χ3n) is 5.08. The average Bonchev–Trinajstić information content (AvgIpc) is 3.28. The quantitative estimate of drug-likeness (QED) is 0.817. The van der Waals surface area contributed by atoms with Gasteiger partial charge >= 0.3 is 0 Å². The van der Waals surface area contributed by atoms with Crippen molar-refractivity contribution in [2.75, 3.05) is 26.3 Å². The van der Waals surface area contributed by atoms with E-state index in [0.717, 1.165) is 68.6 Å². The van der Waals surface area contributed by atoms with E-state index in [2.05, 4.69) is 15.0 Å². The predicted molar refractivity (Wildman–Crippen MR) is 96.2 cm³/mol. The van der Waals surface area contributed by atoms with Crippen molar-refractivity contribution in [2.45, 2.75) is 38.5 Å². The summed E-state index contributed by atoms with van der Waals surface area (Å²) >= 11 is 0. The van der Waals surface area contributed by atoms with E-state index in [-0.39, 0.29) is 12.2 Å². The van der Waals surface area contributed by atoms with E-state index in [0.29, 0.717) is 0 Å². The Morgan fingerprint density at radius 3 is 2.92 bits per heavy atom. The molecule has 0 aromatic carbocycles. The van der Waals surface area contributed by atoms with E-state index in [4.69, 9.17) is 14.2 Å². The molecule has 4 heterocycles. The Morgan fingerprint density at radius 2 is 2.15 bits per heavy atom. The molecule has 2 fully saturated rings. The maximum atomic E-state index is 6.08. The first-order chi connectivity index (χ1) is 12.7. The van der Waals surface area contributed by atoms with Crippen LogP contribution in [0.1, 0.15) is 24.1 Å². The molecule has 0 bridgehead atoms. The van der Waals surface area contributed by atoms with Crippen LogP contribution in [0.3, 0.4) is 0 Å². The second-order valence-electron chi connectivity index (χ2n) is 6.98. The number of aromatic nitrogens is 3. The lowest BCUT2D eigenvalue weighted by molar-refractivity contribution is -0.0960. The lowest BCUT2D eigenvalue weighted by atomic mass is 10.1. The first kappa shape index (κ1) is 17.5. The summed E-state index contributed by atoms with van der Waals surface area (Å²) in [6, 6.07) is 3.77. The number of morpholine rings is 1. The van der Waals surface area contributed by atoms with Gasteiger partial charge in [-0.2, -0.15) is 5.10 Å². The third-order valence-corrected chi connectivity index (χ3v) is 5.08. The van der Waals surface area contributed by atoms with Crippen molar-refractivity contribution in [3.8, 4) is 11.6 Å². The topological polar surface area (TPSA) is 61.6 Å². The monoisotopic (exact) mass is 358 g/mol. The van der Waals surface area contributed by atoms with Crippen molar-refractivity contribution < 1.29 is 14.2 Å². The Bertz CT molecular complexity index is 728. The largest absolute Gasteiger partial charge is 0.437 e. The van der Waals surface area contributed by atoms with Crippen molar-refractivity contribution >= 4 is 0 Å². The minimum absolute atomic E-state index is 0.158. The summed E-state index contributed by atoms with van der Waals surface area (Å²) in [5, 5.41) is 4.56. The summed E-state index contributed by atoms with van der Waals surface area (Å²) in [6.07, 6.45) is 6.08. The van der Waals surface area contributed by atoms with Crippen LogP contribution >= 0.6 is 0 Å². The van der Waals surface area contributed by atoms with E-state index in [1.165, 1.54) is 0 Å². The number of aryl methyl sites for hydroxylation is 2. The maximum absolute atomic E-state index is 6.08. The predicted octanol–water partition coefficient (Wildman–Crippen LogP) is 2.30. The van der Waals surface area contributed by atoms with Gasteiger partial charge in [-0.25, -0.2) is 4.68 Å². The van der Waals surface area contributed by atoms with E-state index in [1.54, 1.807) is 17.1 Å². The van der Waals surface area contributed by atoms with Gasteiger partial charge in [-0.15, -0.1) is 0 Å². The highest BCUT2D eigenvalue weighted by Gasteiger charge is 2.32. The van der Waals surface area contributed by atoms with E-state index < -0.39 is 0 Å². The molecule has 2 aromatic rings. The van der Waals surface area contributed by atoms with Crippen molar-refractivity contribution in [1.29, 1.82) is 0 Å². The molecule has 0 N–H and O–H groups in total. The van der Waals surface area contributed by atoms with Crippen molar-refractivity contribution in [3.63, 3.8) is 0 Å². The zero-order valence-electron chi connectivity index (χ0n) is 15.4. The van der Waals surface area contributed by atoms with Crippen molar-refractivity contribution in [2.24, 2.45) is 7.05 Å². The van der Waals surface area contributed by atoms with Crippen LogP contribution in [0.4, 0.5) is 0 Å². The highest BCUT2D eigenvalue weighted by atomic mass is 16.5. The summed E-state index contributed by atoms with van der Waals surface area (Å²) in [4.78, 5) is 6.53. The minimum Gasteiger partial charge on any atom is -0.437 e. The fraction of sp³-hybridized carbons (Fsp3) is 0.579. The van der Waals surface area contributed by atoms with Crippen molar-refractivity contribution in [3.05, 3.63) is 35.8 Å². The van der Waals surface area contributed by atoms with Crippen LogP contribution in [-0.4, -0.2) is 58.2 Å². The van der Waals surface area contributed by atoms with Crippen LogP contribution in [0.5, 0.6) is 11.6 Å². The fourth-order valence-corrected chi connectivity index (χ4v) is 3.73. The molecule has 2 atom stereocenters. The molecule has 2 saturated heterocycles. The minimum atomic E-state index is 0.158. The van der Waals surface area contributed by atoms with Crippen molar-refractivity contribution in [1.82, 2.24) is 19.7 Å². The first-order valence-electron chi connectivity index (χ1n) is 9.26. The zero-order valence-corrected chi connectivity index (χ0v) is 15.4. The van der Waals surface area contributed by atoms with E-state index in [9.17, 15) is 0 Å². The molecule has 0 spiro atoms. The van der Waals surface area contributed by atoms with Gasteiger partial charge < -0.3 is 14.2 Å². The molecule has 0 aliphatic carbocycles. The van der Waals surface area contributed by atoms with Crippen LogP contribution in [-0.2, 0) is 23.1 Å². The van der Waals surface area contributed by atoms with Gasteiger partial charge in [0.15, 0.2) is 0 Å². The van der Waals surface area contributed by atoms with Gasteiger partial charge in [0.2, 0.25) is 5.88 Å². The summed E-state index contributed by atoms with van der Waals surface area (Å²) in [5.41, 5.74) is 2.11. The van der Waals surface area contributed by atoms with Gasteiger partial charge in [0.05, 0.1) is 36.3 Å². The molecule has 0 saturated carbocycles. The summed E-state index contributed by atoms with van der Waals surface area (Å²) < 4.78 is 19.7. The molecule has 7 nitrogen and oxygen atoms in total. The molecule has 7 heteroatoms. The Kier molecular flexibility index (Phi) is 5.19. The van der Waals surface area contributed by atoms with Crippen LogP contribution < -0.4 is 4.74 Å². The van der Waals surface area contributed by atoms with Crippen LogP contribution in [0.15, 0.2) is 24.5 Å². The third kappa shape index (κ3) is 3.75. The number of hydrogen-bond acceptors (Lipinski definition) is 6. The van der Waals surface area contributed by atoms with Gasteiger partial charge in [-0.3, -0.25) is 9.88 Å². The Balaban J connectivity index is 1.48. The molecule has 0 amide bonds. The fourth-order valence-electron chi connectivity index (χ4n) is 3.73. The lowest BCUT2D eigenvalue weighted by Crippen LogP contribution is -2.47. The van der Waals surface area contributed by atoms with Crippen LogP contribution in [0.25, 0.3) is 0 Å². The Hall–Kier alpha value is -1.96. The van der Waals surface area contributed by atoms with Gasteiger partial charge in [-0.1, -0.05) is 0 Å². The number of ether oxygens (including phenoxy) is 3. The number of nitrogens with zero attached hydrogens (tertiary/aromatic N) is 4. The van der Waals surface area contributed by atoms with Crippen LogP contribution in [0.2, 0.25) is 0 Å². The zero-order chi connectivity index (χ0) is 17.9. The van der Waals surface area contributed by atoms with Crippen LogP contribution in [0, 0.1) is 6.92 Å². The molecule has 26 heavy (non-hydrogen) atoms. The molecular weight excluding hydrogens is 332 g/mol. The highest BCUT2D eigenvalue weighted by molar-refractivity contribution is 5.34. The molecule has 2 aliphatic rings. The van der Waals surface area contributed by atoms with E-state index >= 15 is 0 Å². The maximum Gasteiger partial charge on any atom is 0.222 e. The number of rotatable bonds is 5. The molecular formula is C19H26N4O3. The normalized spacial score (nSPS) is 24.1. The number of hydrogen-bond donors (Lipinski definition) is 0. The average molecular weight is 358 g/mol. The molecule has 4 rings (SSSR count). The van der Waals surface area contributed by atoms with Gasteiger partial charge in [-0.05, 0) is 31.9 Å². The SMILES string of the molecule is Cc1nn(C)c(Oc2cccnc2)c1CN1CCO[C@H]([C@@H]2CCCO2)C1. The molecule has 2 aromatic heterocycles. The summed E-state index contributed by atoms with van der Waals surface area (Å²) in [5.74, 6) is 1.49. The second-order valence-corrected chi connectivity index (χ2v) is 6.98. The second kappa shape index (κ2) is 7.73. The van der Waals surface area contributed by atoms with E-state index in [1.807, 2.05) is 26.1 Å². The standard InChI is InChI=1S/C19H26N4O3/c1-14-16(19(22(2)21-14)26-15-5-3-7-20-11-15)12-23-8-10-25-18(13-23)17-6-4-9-24-17/h3,5,7,11,17-18H,4,6,8-10,12-13H2,1-2H3/t17-,18-/m0/s1. The molecule has 0 unspecified atom stereocenters. The summed E-state index contributed by atoms with van der Waals surface area (Å²) in [7, 11) is 1.91. The smallest absolute Gasteiger partial charge is 0.222 e. The van der Waals surface area contributed by atoms with Gasteiger partial charge in [0, 0.05) is 39.5 Å². The van der Waals surface area contributed by atoms with Gasteiger partial charge in [0.25, 0.3) is 0 Å².